The Kier molecular flexibility index (Phi) is 4.68. The number of nitrogens with two attached hydrogens (primary N) is 1. The number of anilines is 2. The summed E-state index contributed by atoms with van der Waals surface area (Å²) < 4.78 is 28.7. The van der Waals surface area contributed by atoms with Crippen LogP contribution in [0.3, 0.4) is 0 Å². The lowest BCUT2D eigenvalue weighted by Crippen LogP contribution is -2.13. The molecule has 1 heterocycles. The number of nitrogens with one attached hydrogen (secondary N) is 1. The van der Waals surface area contributed by atoms with E-state index in [1.165, 1.54) is 0 Å². The molecule has 0 fully saturated rings. The Morgan fingerprint density at radius 1 is 1.35 bits per heavy atom. The zero-order valence-corrected chi connectivity index (χ0v) is 11.2. The second-order valence-electron chi connectivity index (χ2n) is 4.47. The minimum Gasteiger partial charge on any atom is -0.398 e. The van der Waals surface area contributed by atoms with Crippen LogP contribution in [-0.4, -0.2) is 31.2 Å². The van der Waals surface area contributed by atoms with Crippen LogP contribution in [0.4, 0.5) is 20.2 Å². The van der Waals surface area contributed by atoms with E-state index in [9.17, 15) is 8.78 Å². The Morgan fingerprint density at radius 2 is 2.15 bits per heavy atom. The van der Waals surface area contributed by atoms with Crippen LogP contribution in [0.1, 0.15) is 5.69 Å². The first-order chi connectivity index (χ1) is 9.58. The third-order valence-corrected chi connectivity index (χ3v) is 2.88. The third kappa shape index (κ3) is 3.54. The van der Waals surface area contributed by atoms with E-state index in [2.05, 4.69) is 10.3 Å². The Balaban J connectivity index is 2.06. The smallest absolute Gasteiger partial charge is 0.261 e. The van der Waals surface area contributed by atoms with Gasteiger partial charge in [-0.15, -0.1) is 0 Å². The van der Waals surface area contributed by atoms with Crippen molar-refractivity contribution in [1.82, 2.24) is 4.98 Å². The highest BCUT2D eigenvalue weighted by atomic mass is 19.3. The first kappa shape index (κ1) is 14.5. The lowest BCUT2D eigenvalue weighted by atomic mass is 10.1. The van der Waals surface area contributed by atoms with E-state index >= 15 is 0 Å². The molecular weight excluding hydrogens is 264 g/mol. The molecule has 0 aliphatic heterocycles. The van der Waals surface area contributed by atoms with Crippen LogP contribution in [0.25, 0.3) is 10.8 Å². The van der Waals surface area contributed by atoms with Crippen molar-refractivity contribution in [2.75, 3.05) is 30.8 Å². The number of hydrogen-bond donors (Lipinski definition) is 2. The average Bonchev–Trinajstić information content (AvgIpc) is 2.40. The molecule has 0 atom stereocenters. The van der Waals surface area contributed by atoms with Crippen LogP contribution >= 0.6 is 0 Å². The molecule has 0 spiro atoms. The van der Waals surface area contributed by atoms with E-state index < -0.39 is 13.0 Å². The molecule has 3 N–H and O–H groups in total. The van der Waals surface area contributed by atoms with Crippen molar-refractivity contribution in [2.24, 2.45) is 0 Å². The van der Waals surface area contributed by atoms with Gasteiger partial charge >= 0.3 is 0 Å². The number of hydrogen-bond acceptors (Lipinski definition) is 4. The topological polar surface area (TPSA) is 60.2 Å². The number of halogens is 2. The second-order valence-corrected chi connectivity index (χ2v) is 4.47. The van der Waals surface area contributed by atoms with Crippen molar-refractivity contribution < 1.29 is 13.5 Å². The van der Waals surface area contributed by atoms with E-state index in [-0.39, 0.29) is 6.61 Å². The Bertz CT molecular complexity index is 590. The van der Waals surface area contributed by atoms with Gasteiger partial charge in [0.1, 0.15) is 6.61 Å². The molecule has 2 rings (SSSR count). The minimum atomic E-state index is -2.43. The van der Waals surface area contributed by atoms with E-state index in [1.807, 2.05) is 19.1 Å². The summed E-state index contributed by atoms with van der Waals surface area (Å²) >= 11 is 0. The number of nitrogens with zero attached hydrogens (tertiary/aromatic N) is 1. The monoisotopic (exact) mass is 281 g/mol. The maximum atomic E-state index is 11.9. The van der Waals surface area contributed by atoms with Crippen LogP contribution in [0.15, 0.2) is 24.4 Å². The molecule has 0 aliphatic rings. The fourth-order valence-electron chi connectivity index (χ4n) is 1.95. The number of benzene rings is 1. The van der Waals surface area contributed by atoms with E-state index in [0.717, 1.165) is 22.2 Å². The minimum absolute atomic E-state index is 0.222. The summed E-state index contributed by atoms with van der Waals surface area (Å²) in [7, 11) is 0. The molecule has 0 saturated carbocycles. The summed E-state index contributed by atoms with van der Waals surface area (Å²) in [5, 5.41) is 5.00. The zero-order chi connectivity index (χ0) is 14.5. The predicted molar refractivity (Wildman–Crippen MR) is 76.2 cm³/mol. The number of rotatable bonds is 6. The van der Waals surface area contributed by atoms with Crippen LogP contribution in [0.2, 0.25) is 0 Å². The molecule has 0 amide bonds. The summed E-state index contributed by atoms with van der Waals surface area (Å²) in [6, 6.07) is 5.60. The summed E-state index contributed by atoms with van der Waals surface area (Å²) in [6.45, 7) is 2.04. The molecule has 108 valence electrons. The van der Waals surface area contributed by atoms with Gasteiger partial charge in [0.25, 0.3) is 6.43 Å². The first-order valence-corrected chi connectivity index (χ1v) is 6.32. The van der Waals surface area contributed by atoms with Gasteiger partial charge in [-0.25, -0.2) is 8.78 Å². The van der Waals surface area contributed by atoms with E-state index in [4.69, 9.17) is 10.5 Å². The van der Waals surface area contributed by atoms with E-state index in [1.54, 1.807) is 12.3 Å². The van der Waals surface area contributed by atoms with E-state index in [0.29, 0.717) is 12.2 Å². The molecule has 20 heavy (non-hydrogen) atoms. The highest BCUT2D eigenvalue weighted by Crippen LogP contribution is 2.28. The molecule has 6 heteroatoms. The maximum absolute atomic E-state index is 11.9. The molecule has 0 bridgehead atoms. The first-order valence-electron chi connectivity index (χ1n) is 6.32. The maximum Gasteiger partial charge on any atom is 0.261 e. The van der Waals surface area contributed by atoms with Gasteiger partial charge in [-0.2, -0.15) is 0 Å². The average molecular weight is 281 g/mol. The van der Waals surface area contributed by atoms with Crippen molar-refractivity contribution in [1.29, 1.82) is 0 Å². The second kappa shape index (κ2) is 6.47. The van der Waals surface area contributed by atoms with Crippen LogP contribution in [0.5, 0.6) is 0 Å². The van der Waals surface area contributed by atoms with Gasteiger partial charge in [0.2, 0.25) is 0 Å². The van der Waals surface area contributed by atoms with Crippen LogP contribution in [-0.2, 0) is 4.74 Å². The molecule has 0 radical (unpaired) electrons. The molecule has 4 nitrogen and oxygen atoms in total. The van der Waals surface area contributed by atoms with Gasteiger partial charge in [-0.1, -0.05) is 0 Å². The highest BCUT2D eigenvalue weighted by molar-refractivity contribution is 6.00. The van der Waals surface area contributed by atoms with Gasteiger partial charge in [0, 0.05) is 40.6 Å². The molecule has 2 aromatic rings. The largest absolute Gasteiger partial charge is 0.398 e. The number of fused-ring (bicyclic) bond motifs is 1. The summed E-state index contributed by atoms with van der Waals surface area (Å²) in [6.07, 6.45) is -0.695. The van der Waals surface area contributed by atoms with Gasteiger partial charge < -0.3 is 15.8 Å². The molecule has 0 saturated heterocycles. The van der Waals surface area contributed by atoms with Gasteiger partial charge in [-0.05, 0) is 25.1 Å². The van der Waals surface area contributed by atoms with Crippen molar-refractivity contribution in [3.05, 3.63) is 30.1 Å². The standard InChI is InChI=1S/C14H17F2N3O/c1-9-6-10-11(7-19-9)12(17)2-3-13(10)18-4-5-20-8-14(15)16/h2-3,6-7,14,18H,4-5,8,17H2,1H3. The Morgan fingerprint density at radius 3 is 2.90 bits per heavy atom. The number of alkyl halides is 2. The lowest BCUT2D eigenvalue weighted by Gasteiger charge is -2.12. The fraction of sp³-hybridized carbons (Fsp3) is 0.357. The SMILES string of the molecule is Cc1cc2c(NCCOCC(F)F)ccc(N)c2cn1. The van der Waals surface area contributed by atoms with Crippen LogP contribution in [0, 0.1) is 6.92 Å². The lowest BCUT2D eigenvalue weighted by molar-refractivity contribution is 0.0215. The summed E-state index contributed by atoms with van der Waals surface area (Å²) in [4.78, 5) is 4.22. The highest BCUT2D eigenvalue weighted by Gasteiger charge is 2.05. The van der Waals surface area contributed by atoms with Crippen molar-refractivity contribution >= 4 is 22.1 Å². The molecule has 1 aromatic carbocycles. The number of pyridine rings is 1. The number of aryl methyl sites for hydroxylation is 1. The third-order valence-electron chi connectivity index (χ3n) is 2.88. The zero-order valence-electron chi connectivity index (χ0n) is 11.2. The summed E-state index contributed by atoms with van der Waals surface area (Å²) in [5.41, 5.74) is 8.35. The fourth-order valence-corrected chi connectivity index (χ4v) is 1.95. The molecule has 0 unspecified atom stereocenters. The Labute approximate surface area is 115 Å². The normalized spacial score (nSPS) is 11.2. The number of nitrogen functional groups attached to an aromatic ring is 1. The molecule has 1 aromatic heterocycles. The van der Waals surface area contributed by atoms with Crippen molar-refractivity contribution in [2.45, 2.75) is 13.3 Å². The summed E-state index contributed by atoms with van der Waals surface area (Å²) in [5.74, 6) is 0. The van der Waals surface area contributed by atoms with Gasteiger partial charge in [0.15, 0.2) is 0 Å². The molecule has 0 aliphatic carbocycles. The Hall–Kier alpha value is -1.95. The predicted octanol–water partition coefficient (Wildman–Crippen LogP) is 2.82. The quantitative estimate of drug-likeness (QED) is 0.631. The number of aromatic nitrogens is 1. The van der Waals surface area contributed by atoms with Crippen molar-refractivity contribution in [3.8, 4) is 0 Å². The van der Waals surface area contributed by atoms with Crippen LogP contribution < -0.4 is 11.1 Å². The molecular formula is C14H17F2N3O. The van der Waals surface area contributed by atoms with Gasteiger partial charge in [-0.3, -0.25) is 4.98 Å². The van der Waals surface area contributed by atoms with Crippen molar-refractivity contribution in [3.63, 3.8) is 0 Å². The number of ether oxygens (including phenoxy) is 1. The van der Waals surface area contributed by atoms with Gasteiger partial charge in [0.05, 0.1) is 6.61 Å².